The van der Waals surface area contributed by atoms with Gasteiger partial charge >= 0.3 is 0 Å². The lowest BCUT2D eigenvalue weighted by Gasteiger charge is -2.10. The van der Waals surface area contributed by atoms with E-state index in [2.05, 4.69) is 0 Å². The molecule has 0 heterocycles. The fraction of sp³-hybridized carbons (Fsp3) is 0.417. The minimum Gasteiger partial charge on any atom is -0.228 e. The molecule has 4 heteroatoms. The van der Waals surface area contributed by atoms with Crippen molar-refractivity contribution in [2.45, 2.75) is 31.3 Å². The van der Waals surface area contributed by atoms with Gasteiger partial charge in [0.2, 0.25) is 0 Å². The lowest BCUT2D eigenvalue weighted by molar-refractivity contribution is 0.580. The van der Waals surface area contributed by atoms with Crippen molar-refractivity contribution in [2.24, 2.45) is 0 Å². The zero-order valence-electron chi connectivity index (χ0n) is 9.47. The SMILES string of the molecule is CCC(C)S(=O)(=O)Cc1ccc(C#N)cc1. The van der Waals surface area contributed by atoms with Gasteiger partial charge in [0.05, 0.1) is 22.6 Å². The number of hydrogen-bond acceptors (Lipinski definition) is 3. The van der Waals surface area contributed by atoms with E-state index in [4.69, 9.17) is 5.26 Å². The van der Waals surface area contributed by atoms with Crippen molar-refractivity contribution >= 4 is 9.84 Å². The van der Waals surface area contributed by atoms with Gasteiger partial charge in [0.15, 0.2) is 9.84 Å². The van der Waals surface area contributed by atoms with Crippen LogP contribution in [-0.4, -0.2) is 13.7 Å². The molecule has 16 heavy (non-hydrogen) atoms. The van der Waals surface area contributed by atoms with Gasteiger partial charge in [-0.3, -0.25) is 0 Å². The summed E-state index contributed by atoms with van der Waals surface area (Å²) < 4.78 is 23.6. The lowest BCUT2D eigenvalue weighted by Crippen LogP contribution is -2.18. The number of sulfone groups is 1. The molecule has 0 N–H and O–H groups in total. The van der Waals surface area contributed by atoms with Gasteiger partial charge < -0.3 is 0 Å². The molecule has 0 saturated heterocycles. The molecule has 0 spiro atoms. The summed E-state index contributed by atoms with van der Waals surface area (Å²) in [6.45, 7) is 3.58. The van der Waals surface area contributed by atoms with E-state index in [1.165, 1.54) is 0 Å². The predicted octanol–water partition coefficient (Wildman–Crippen LogP) is 2.27. The molecule has 1 unspecified atom stereocenters. The molecule has 0 aliphatic heterocycles. The van der Waals surface area contributed by atoms with E-state index in [0.717, 1.165) is 5.56 Å². The van der Waals surface area contributed by atoms with Crippen molar-refractivity contribution in [3.8, 4) is 6.07 Å². The van der Waals surface area contributed by atoms with Crippen molar-refractivity contribution in [1.29, 1.82) is 5.26 Å². The van der Waals surface area contributed by atoms with E-state index < -0.39 is 9.84 Å². The first kappa shape index (κ1) is 12.7. The van der Waals surface area contributed by atoms with Gasteiger partial charge in [0, 0.05) is 0 Å². The number of rotatable bonds is 4. The first-order valence-corrected chi connectivity index (χ1v) is 6.91. The Kier molecular flexibility index (Phi) is 4.08. The second-order valence-corrected chi connectivity index (χ2v) is 6.25. The number of benzene rings is 1. The maximum absolute atomic E-state index is 11.8. The summed E-state index contributed by atoms with van der Waals surface area (Å²) in [6.07, 6.45) is 0.624. The topological polar surface area (TPSA) is 57.9 Å². The van der Waals surface area contributed by atoms with Crippen LogP contribution >= 0.6 is 0 Å². The highest BCUT2D eigenvalue weighted by atomic mass is 32.2. The first-order valence-electron chi connectivity index (χ1n) is 5.20. The molecule has 0 saturated carbocycles. The van der Waals surface area contributed by atoms with Crippen LogP contribution in [0.25, 0.3) is 0 Å². The van der Waals surface area contributed by atoms with Crippen LogP contribution < -0.4 is 0 Å². The molecule has 0 aliphatic carbocycles. The Balaban J connectivity index is 2.85. The molecule has 0 amide bonds. The number of nitrogens with zero attached hydrogens (tertiary/aromatic N) is 1. The lowest BCUT2D eigenvalue weighted by atomic mass is 10.2. The van der Waals surface area contributed by atoms with E-state index in [1.54, 1.807) is 31.2 Å². The number of hydrogen-bond donors (Lipinski definition) is 0. The van der Waals surface area contributed by atoms with Gasteiger partial charge in [-0.25, -0.2) is 8.42 Å². The number of nitriles is 1. The van der Waals surface area contributed by atoms with Crippen LogP contribution in [0.1, 0.15) is 31.4 Å². The van der Waals surface area contributed by atoms with E-state index in [-0.39, 0.29) is 11.0 Å². The zero-order valence-corrected chi connectivity index (χ0v) is 10.3. The van der Waals surface area contributed by atoms with Gasteiger partial charge in [-0.05, 0) is 31.0 Å². The van der Waals surface area contributed by atoms with E-state index >= 15 is 0 Å². The largest absolute Gasteiger partial charge is 0.228 e. The van der Waals surface area contributed by atoms with Crippen molar-refractivity contribution in [3.05, 3.63) is 35.4 Å². The van der Waals surface area contributed by atoms with Crippen LogP contribution in [0.3, 0.4) is 0 Å². The molecular weight excluding hydrogens is 222 g/mol. The van der Waals surface area contributed by atoms with E-state index in [1.807, 2.05) is 13.0 Å². The summed E-state index contributed by atoms with van der Waals surface area (Å²) in [5.74, 6) is 0.0493. The Bertz CT molecular complexity index is 483. The highest BCUT2D eigenvalue weighted by Crippen LogP contribution is 2.14. The molecule has 1 rings (SSSR count). The highest BCUT2D eigenvalue weighted by molar-refractivity contribution is 7.91. The van der Waals surface area contributed by atoms with Crippen molar-refractivity contribution in [1.82, 2.24) is 0 Å². The molecular formula is C12H15NO2S. The Labute approximate surface area is 96.6 Å². The summed E-state index contributed by atoms with van der Waals surface area (Å²) in [4.78, 5) is 0. The molecule has 3 nitrogen and oxygen atoms in total. The second-order valence-electron chi connectivity index (χ2n) is 3.83. The van der Waals surface area contributed by atoms with Gasteiger partial charge in [-0.1, -0.05) is 19.1 Å². The minimum atomic E-state index is -3.07. The standard InChI is InChI=1S/C12H15NO2S/c1-3-10(2)16(14,15)9-12-6-4-11(8-13)5-7-12/h4-7,10H,3,9H2,1-2H3. The second kappa shape index (κ2) is 5.13. The molecule has 1 aromatic rings. The van der Waals surface area contributed by atoms with E-state index in [0.29, 0.717) is 12.0 Å². The summed E-state index contributed by atoms with van der Waals surface area (Å²) in [5.41, 5.74) is 1.28. The first-order chi connectivity index (χ1) is 7.49. The highest BCUT2D eigenvalue weighted by Gasteiger charge is 2.19. The maximum atomic E-state index is 11.8. The minimum absolute atomic E-state index is 0.0493. The molecule has 1 aromatic carbocycles. The predicted molar refractivity (Wildman–Crippen MR) is 63.5 cm³/mol. The molecule has 1 atom stereocenters. The van der Waals surface area contributed by atoms with Crippen LogP contribution in [0.15, 0.2) is 24.3 Å². The summed E-state index contributed by atoms with van der Waals surface area (Å²) in [6, 6.07) is 8.67. The molecule has 0 radical (unpaired) electrons. The maximum Gasteiger partial charge on any atom is 0.157 e. The zero-order chi connectivity index (χ0) is 12.2. The molecule has 0 aliphatic rings. The van der Waals surface area contributed by atoms with Crippen LogP contribution in [0, 0.1) is 11.3 Å². The van der Waals surface area contributed by atoms with Crippen LogP contribution in [0.5, 0.6) is 0 Å². The fourth-order valence-corrected chi connectivity index (χ4v) is 2.75. The third-order valence-corrected chi connectivity index (χ3v) is 4.93. The Morgan fingerprint density at radius 2 is 1.88 bits per heavy atom. The third-order valence-electron chi connectivity index (χ3n) is 2.64. The average molecular weight is 237 g/mol. The molecule has 0 aromatic heterocycles. The molecule has 0 fully saturated rings. The third kappa shape index (κ3) is 3.07. The van der Waals surface area contributed by atoms with Crippen LogP contribution in [0.2, 0.25) is 0 Å². The van der Waals surface area contributed by atoms with Crippen LogP contribution in [-0.2, 0) is 15.6 Å². The summed E-state index contributed by atoms with van der Waals surface area (Å²) >= 11 is 0. The molecule has 86 valence electrons. The monoisotopic (exact) mass is 237 g/mol. The van der Waals surface area contributed by atoms with Crippen molar-refractivity contribution < 1.29 is 8.42 Å². The van der Waals surface area contributed by atoms with Gasteiger partial charge in [0.25, 0.3) is 0 Å². The Hall–Kier alpha value is -1.34. The van der Waals surface area contributed by atoms with Gasteiger partial charge in [-0.2, -0.15) is 5.26 Å². The summed E-state index contributed by atoms with van der Waals surface area (Å²) in [7, 11) is -3.07. The smallest absolute Gasteiger partial charge is 0.157 e. The van der Waals surface area contributed by atoms with Gasteiger partial charge in [0.1, 0.15) is 0 Å². The summed E-state index contributed by atoms with van der Waals surface area (Å²) in [5, 5.41) is 8.30. The van der Waals surface area contributed by atoms with Gasteiger partial charge in [-0.15, -0.1) is 0 Å². The van der Waals surface area contributed by atoms with Crippen molar-refractivity contribution in [2.75, 3.05) is 0 Å². The van der Waals surface area contributed by atoms with E-state index in [9.17, 15) is 8.42 Å². The average Bonchev–Trinajstić information content (AvgIpc) is 2.28. The van der Waals surface area contributed by atoms with Crippen molar-refractivity contribution in [3.63, 3.8) is 0 Å². The quantitative estimate of drug-likeness (QED) is 0.807. The Morgan fingerprint density at radius 3 is 2.31 bits per heavy atom. The Morgan fingerprint density at radius 1 is 1.31 bits per heavy atom. The molecule has 0 bridgehead atoms. The normalized spacial score (nSPS) is 13.1. The fourth-order valence-electron chi connectivity index (χ4n) is 1.30. The van der Waals surface area contributed by atoms with Crippen LogP contribution in [0.4, 0.5) is 0 Å².